The minimum absolute atomic E-state index is 0.167. The minimum atomic E-state index is 0.167. The van der Waals surface area contributed by atoms with Gasteiger partial charge < -0.3 is 14.5 Å². The van der Waals surface area contributed by atoms with Crippen molar-refractivity contribution in [2.75, 3.05) is 38.2 Å². The number of carbonyl (C=O) groups is 1. The fraction of sp³-hybridized carbons (Fsp3) is 0.250. The van der Waals surface area contributed by atoms with Crippen LogP contribution in [0, 0.1) is 0 Å². The predicted molar refractivity (Wildman–Crippen MR) is 124 cm³/mol. The van der Waals surface area contributed by atoms with Gasteiger partial charge in [0, 0.05) is 60.8 Å². The number of rotatable bonds is 5. The van der Waals surface area contributed by atoms with Gasteiger partial charge in [-0.3, -0.25) is 9.20 Å². The normalized spacial score (nSPS) is 14.2. The maximum absolute atomic E-state index is 13.0. The third kappa shape index (κ3) is 4.01. The van der Waals surface area contributed by atoms with Crippen LogP contribution in [0.4, 0.5) is 5.69 Å². The van der Waals surface area contributed by atoms with Crippen LogP contribution in [0.25, 0.3) is 16.2 Å². The number of ether oxygens (including phenoxy) is 1. The molecule has 1 aliphatic rings. The molecule has 0 bridgehead atoms. The van der Waals surface area contributed by atoms with Gasteiger partial charge in [-0.05, 0) is 12.1 Å². The Hall–Kier alpha value is -3.32. The van der Waals surface area contributed by atoms with Gasteiger partial charge in [0.05, 0.1) is 19.2 Å². The molecule has 31 heavy (non-hydrogen) atoms. The minimum Gasteiger partial charge on any atom is -0.497 e. The lowest BCUT2D eigenvalue weighted by Gasteiger charge is -2.36. The van der Waals surface area contributed by atoms with Crippen LogP contribution in [-0.2, 0) is 11.2 Å². The number of aromatic nitrogens is 2. The fourth-order valence-corrected chi connectivity index (χ4v) is 4.87. The number of hydrogen-bond donors (Lipinski definition) is 0. The molecule has 0 N–H and O–H groups in total. The van der Waals surface area contributed by atoms with Crippen molar-refractivity contribution >= 4 is 27.9 Å². The monoisotopic (exact) mass is 432 g/mol. The molecule has 1 fully saturated rings. The second-order valence-corrected chi connectivity index (χ2v) is 8.45. The van der Waals surface area contributed by atoms with Gasteiger partial charge in [-0.25, -0.2) is 4.98 Å². The van der Waals surface area contributed by atoms with E-state index in [1.165, 1.54) is 0 Å². The van der Waals surface area contributed by atoms with Crippen molar-refractivity contribution in [2.45, 2.75) is 6.42 Å². The molecule has 3 heterocycles. The number of thiazole rings is 1. The molecule has 2 aromatic carbocycles. The van der Waals surface area contributed by atoms with Crippen molar-refractivity contribution < 1.29 is 9.53 Å². The van der Waals surface area contributed by atoms with Crippen molar-refractivity contribution in [1.29, 1.82) is 0 Å². The lowest BCUT2D eigenvalue weighted by atomic mass is 10.2. The molecule has 5 rings (SSSR count). The number of imidazole rings is 1. The van der Waals surface area contributed by atoms with Gasteiger partial charge >= 0.3 is 0 Å². The zero-order valence-electron chi connectivity index (χ0n) is 17.4. The summed E-state index contributed by atoms with van der Waals surface area (Å²) >= 11 is 1.58. The maximum atomic E-state index is 13.0. The highest BCUT2D eigenvalue weighted by Gasteiger charge is 2.23. The molecule has 0 aliphatic carbocycles. The smallest absolute Gasteiger partial charge is 0.228 e. The maximum Gasteiger partial charge on any atom is 0.228 e. The Morgan fingerprint density at radius 3 is 2.65 bits per heavy atom. The van der Waals surface area contributed by atoms with Crippen LogP contribution in [0.2, 0.25) is 0 Å². The lowest BCUT2D eigenvalue weighted by Crippen LogP contribution is -2.49. The standard InChI is InChI=1S/C24H24N4O2S/c1-30-21-9-5-8-19(14-21)26-10-12-27(13-11-26)23(29)15-20-17-31-24-25-22(16-28(20)24)18-6-3-2-4-7-18/h2-9,14,16-17H,10-13,15H2,1H3. The third-order valence-electron chi connectivity index (χ3n) is 5.74. The highest BCUT2D eigenvalue weighted by atomic mass is 32.1. The first kappa shape index (κ1) is 19.6. The third-order valence-corrected chi connectivity index (χ3v) is 6.62. The molecule has 2 aromatic heterocycles. The molecule has 0 radical (unpaired) electrons. The van der Waals surface area contributed by atoms with Crippen molar-refractivity contribution in [1.82, 2.24) is 14.3 Å². The van der Waals surface area contributed by atoms with Crippen LogP contribution in [-0.4, -0.2) is 53.5 Å². The van der Waals surface area contributed by atoms with E-state index < -0.39 is 0 Å². The second-order valence-electron chi connectivity index (χ2n) is 7.62. The number of hydrogen-bond acceptors (Lipinski definition) is 5. The Bertz CT molecular complexity index is 1190. The summed E-state index contributed by atoms with van der Waals surface area (Å²) in [6, 6.07) is 18.2. The quantitative estimate of drug-likeness (QED) is 0.479. The van der Waals surface area contributed by atoms with Gasteiger partial charge in [-0.2, -0.15) is 0 Å². The average Bonchev–Trinajstić information content (AvgIpc) is 3.42. The molecule has 6 nitrogen and oxygen atoms in total. The second kappa shape index (κ2) is 8.43. The highest BCUT2D eigenvalue weighted by molar-refractivity contribution is 7.15. The average molecular weight is 433 g/mol. The molecule has 1 aliphatic heterocycles. The van der Waals surface area contributed by atoms with Crippen LogP contribution < -0.4 is 9.64 Å². The number of amides is 1. The number of anilines is 1. The van der Waals surface area contributed by atoms with Crippen molar-refractivity contribution in [3.05, 3.63) is 71.9 Å². The molecule has 1 saturated heterocycles. The Morgan fingerprint density at radius 1 is 1.06 bits per heavy atom. The van der Waals surface area contributed by atoms with Gasteiger partial charge in [0.15, 0.2) is 4.96 Å². The number of methoxy groups -OCH3 is 1. The predicted octanol–water partition coefficient (Wildman–Crippen LogP) is 3.96. The van der Waals surface area contributed by atoms with E-state index in [1.54, 1.807) is 18.4 Å². The van der Waals surface area contributed by atoms with E-state index in [2.05, 4.69) is 27.5 Å². The summed E-state index contributed by atoms with van der Waals surface area (Å²) < 4.78 is 7.38. The summed E-state index contributed by atoms with van der Waals surface area (Å²) in [5.41, 5.74) is 4.16. The van der Waals surface area contributed by atoms with Gasteiger partial charge in [0.2, 0.25) is 5.91 Å². The summed E-state index contributed by atoms with van der Waals surface area (Å²) in [5.74, 6) is 1.02. The highest BCUT2D eigenvalue weighted by Crippen LogP contribution is 2.25. The Morgan fingerprint density at radius 2 is 1.87 bits per heavy atom. The zero-order chi connectivity index (χ0) is 21.2. The van der Waals surface area contributed by atoms with E-state index in [0.717, 1.165) is 59.5 Å². The van der Waals surface area contributed by atoms with Crippen LogP contribution in [0.3, 0.4) is 0 Å². The Labute approximate surface area is 185 Å². The van der Waals surface area contributed by atoms with Gasteiger partial charge in [0.25, 0.3) is 0 Å². The van der Waals surface area contributed by atoms with E-state index in [1.807, 2.05) is 52.9 Å². The van der Waals surface area contributed by atoms with Crippen LogP contribution in [0.5, 0.6) is 5.75 Å². The van der Waals surface area contributed by atoms with E-state index in [0.29, 0.717) is 6.42 Å². The number of benzene rings is 2. The molecular formula is C24H24N4O2S. The van der Waals surface area contributed by atoms with Crippen LogP contribution in [0.15, 0.2) is 66.2 Å². The fourth-order valence-electron chi connectivity index (χ4n) is 3.99. The van der Waals surface area contributed by atoms with Gasteiger partial charge in [0.1, 0.15) is 5.75 Å². The van der Waals surface area contributed by atoms with Crippen molar-refractivity contribution in [3.63, 3.8) is 0 Å². The number of nitrogens with zero attached hydrogens (tertiary/aromatic N) is 4. The number of fused-ring (bicyclic) bond motifs is 1. The topological polar surface area (TPSA) is 50.1 Å². The van der Waals surface area contributed by atoms with Crippen molar-refractivity contribution in [3.8, 4) is 17.0 Å². The molecule has 0 unspecified atom stereocenters. The molecular weight excluding hydrogens is 408 g/mol. The zero-order valence-corrected chi connectivity index (χ0v) is 18.2. The van der Waals surface area contributed by atoms with Gasteiger partial charge in [-0.15, -0.1) is 11.3 Å². The summed E-state index contributed by atoms with van der Waals surface area (Å²) in [7, 11) is 1.68. The molecule has 4 aromatic rings. The number of carbonyl (C=O) groups excluding carboxylic acids is 1. The van der Waals surface area contributed by atoms with E-state index in [-0.39, 0.29) is 5.91 Å². The molecule has 0 saturated carbocycles. The van der Waals surface area contributed by atoms with Crippen LogP contribution in [0.1, 0.15) is 5.69 Å². The first-order valence-electron chi connectivity index (χ1n) is 10.4. The largest absolute Gasteiger partial charge is 0.497 e. The molecule has 158 valence electrons. The molecule has 7 heteroatoms. The lowest BCUT2D eigenvalue weighted by molar-refractivity contribution is -0.130. The first-order chi connectivity index (χ1) is 15.2. The van der Waals surface area contributed by atoms with E-state index in [9.17, 15) is 4.79 Å². The Kier molecular flexibility index (Phi) is 5.34. The summed E-state index contributed by atoms with van der Waals surface area (Å²) in [6.07, 6.45) is 2.42. The van der Waals surface area contributed by atoms with Crippen LogP contribution >= 0.6 is 11.3 Å². The first-order valence-corrected chi connectivity index (χ1v) is 11.3. The Balaban J connectivity index is 1.25. The number of piperazine rings is 1. The molecule has 0 spiro atoms. The van der Waals surface area contributed by atoms with Crippen molar-refractivity contribution in [2.24, 2.45) is 0 Å². The molecule has 0 atom stereocenters. The summed E-state index contributed by atoms with van der Waals surface area (Å²) in [6.45, 7) is 3.09. The van der Waals surface area contributed by atoms with Gasteiger partial charge in [-0.1, -0.05) is 36.4 Å². The molecule has 1 amide bonds. The SMILES string of the molecule is COc1cccc(N2CCN(C(=O)Cc3csc4nc(-c5ccccc5)cn34)CC2)c1. The summed E-state index contributed by atoms with van der Waals surface area (Å²) in [5, 5.41) is 2.04. The summed E-state index contributed by atoms with van der Waals surface area (Å²) in [4.78, 5) is 22.9. The van der Waals surface area contributed by atoms with E-state index >= 15 is 0 Å². The van der Waals surface area contributed by atoms with E-state index in [4.69, 9.17) is 9.72 Å².